The maximum atomic E-state index is 12.4. The van der Waals surface area contributed by atoms with Gasteiger partial charge in [0.1, 0.15) is 5.39 Å². The number of fused-ring (bicyclic) bond motifs is 1. The molecule has 4 aromatic rings. The summed E-state index contributed by atoms with van der Waals surface area (Å²) in [5.41, 5.74) is 3.98. The summed E-state index contributed by atoms with van der Waals surface area (Å²) in [4.78, 5) is 31.9. The highest BCUT2D eigenvalue weighted by Crippen LogP contribution is 2.18. The number of aromatic amines is 1. The predicted molar refractivity (Wildman–Crippen MR) is 115 cm³/mol. The fraction of sp³-hybridized carbons (Fsp3) is 0.143. The normalized spacial score (nSPS) is 11.0. The Labute approximate surface area is 171 Å². The molecule has 4 rings (SSSR count). The number of nitrogens with one attached hydrogen (secondary N) is 2. The lowest BCUT2D eigenvalue weighted by Gasteiger charge is -2.06. The zero-order chi connectivity index (χ0) is 20.4. The van der Waals surface area contributed by atoms with Gasteiger partial charge < -0.3 is 10.3 Å². The molecular formula is C21H19N5O2S. The maximum Gasteiger partial charge on any atom is 0.262 e. The summed E-state index contributed by atoms with van der Waals surface area (Å²) < 4.78 is 1.63. The molecule has 2 heterocycles. The molecule has 1 amide bonds. The van der Waals surface area contributed by atoms with Crippen molar-refractivity contribution in [3.8, 4) is 5.69 Å². The van der Waals surface area contributed by atoms with Crippen molar-refractivity contribution in [1.82, 2.24) is 19.7 Å². The Morgan fingerprint density at radius 1 is 1.07 bits per heavy atom. The SMILES string of the molecule is Cc1ccc(NC(=O)CSc2nc3c(cnn3-c3ccc(C)cc3)c(=O)[nH]2)cc1. The maximum absolute atomic E-state index is 12.4. The lowest BCUT2D eigenvalue weighted by Crippen LogP contribution is -2.15. The van der Waals surface area contributed by atoms with E-state index in [0.717, 1.165) is 22.5 Å². The van der Waals surface area contributed by atoms with Crippen molar-refractivity contribution in [2.24, 2.45) is 0 Å². The summed E-state index contributed by atoms with van der Waals surface area (Å²) in [6, 6.07) is 15.4. The molecule has 0 aliphatic heterocycles. The average molecular weight is 405 g/mol. The predicted octanol–water partition coefficient (Wildman–Crippen LogP) is 3.46. The van der Waals surface area contributed by atoms with E-state index in [2.05, 4.69) is 20.4 Å². The smallest absolute Gasteiger partial charge is 0.262 e. The van der Waals surface area contributed by atoms with Gasteiger partial charge >= 0.3 is 0 Å². The number of H-pyrrole nitrogens is 1. The number of hydrogen-bond donors (Lipinski definition) is 2. The van der Waals surface area contributed by atoms with E-state index in [0.29, 0.717) is 16.2 Å². The van der Waals surface area contributed by atoms with Gasteiger partial charge in [-0.25, -0.2) is 9.67 Å². The molecule has 0 saturated heterocycles. The van der Waals surface area contributed by atoms with E-state index in [1.165, 1.54) is 18.0 Å². The van der Waals surface area contributed by atoms with Gasteiger partial charge in [0.15, 0.2) is 10.8 Å². The van der Waals surface area contributed by atoms with Crippen molar-refractivity contribution < 1.29 is 4.79 Å². The number of aromatic nitrogens is 4. The van der Waals surface area contributed by atoms with Crippen molar-refractivity contribution in [1.29, 1.82) is 0 Å². The first-order valence-electron chi connectivity index (χ1n) is 9.04. The highest BCUT2D eigenvalue weighted by atomic mass is 32.2. The summed E-state index contributed by atoms with van der Waals surface area (Å²) in [6.07, 6.45) is 1.50. The summed E-state index contributed by atoms with van der Waals surface area (Å²) in [7, 11) is 0. The van der Waals surface area contributed by atoms with Gasteiger partial charge in [0.05, 0.1) is 17.6 Å². The fourth-order valence-corrected chi connectivity index (χ4v) is 3.47. The molecule has 2 aromatic carbocycles. The molecule has 2 aromatic heterocycles. The first kappa shape index (κ1) is 18.9. The van der Waals surface area contributed by atoms with Gasteiger partial charge in [0.25, 0.3) is 5.56 Å². The van der Waals surface area contributed by atoms with E-state index in [1.807, 2.05) is 62.4 Å². The minimum absolute atomic E-state index is 0.126. The van der Waals surface area contributed by atoms with Crippen molar-refractivity contribution in [2.45, 2.75) is 19.0 Å². The highest BCUT2D eigenvalue weighted by molar-refractivity contribution is 7.99. The highest BCUT2D eigenvalue weighted by Gasteiger charge is 2.13. The fourth-order valence-electron chi connectivity index (χ4n) is 2.81. The Balaban J connectivity index is 1.54. The molecule has 0 aliphatic carbocycles. The number of hydrogen-bond acceptors (Lipinski definition) is 5. The second-order valence-corrected chi connectivity index (χ2v) is 7.67. The molecule has 7 nitrogen and oxygen atoms in total. The van der Waals surface area contributed by atoms with Crippen LogP contribution in [-0.4, -0.2) is 31.4 Å². The van der Waals surface area contributed by atoms with E-state index in [4.69, 9.17) is 0 Å². The molecule has 0 radical (unpaired) electrons. The van der Waals surface area contributed by atoms with E-state index < -0.39 is 0 Å². The van der Waals surface area contributed by atoms with Crippen molar-refractivity contribution in [3.05, 3.63) is 76.2 Å². The molecule has 146 valence electrons. The van der Waals surface area contributed by atoms with Crippen molar-refractivity contribution in [2.75, 3.05) is 11.1 Å². The summed E-state index contributed by atoms with van der Waals surface area (Å²) in [5, 5.41) is 7.91. The minimum Gasteiger partial charge on any atom is -0.325 e. The Kier molecular flexibility index (Phi) is 5.18. The van der Waals surface area contributed by atoms with Crippen LogP contribution in [0.1, 0.15) is 11.1 Å². The van der Waals surface area contributed by atoms with Gasteiger partial charge in [-0.1, -0.05) is 47.2 Å². The van der Waals surface area contributed by atoms with Crippen LogP contribution in [0.15, 0.2) is 64.7 Å². The van der Waals surface area contributed by atoms with Crippen LogP contribution in [-0.2, 0) is 4.79 Å². The van der Waals surface area contributed by atoms with Gasteiger partial charge in [-0.2, -0.15) is 5.10 Å². The van der Waals surface area contributed by atoms with Crippen LogP contribution in [0.25, 0.3) is 16.7 Å². The van der Waals surface area contributed by atoms with Crippen LogP contribution in [0.5, 0.6) is 0 Å². The number of benzene rings is 2. The number of carbonyl (C=O) groups excluding carboxylic acids is 1. The van der Waals surface area contributed by atoms with Crippen LogP contribution < -0.4 is 10.9 Å². The van der Waals surface area contributed by atoms with Crippen molar-refractivity contribution in [3.63, 3.8) is 0 Å². The number of amides is 1. The lowest BCUT2D eigenvalue weighted by molar-refractivity contribution is -0.113. The Hall–Kier alpha value is -3.39. The third-order valence-electron chi connectivity index (χ3n) is 4.37. The van der Waals surface area contributed by atoms with Crippen LogP contribution >= 0.6 is 11.8 Å². The molecule has 0 spiro atoms. The monoisotopic (exact) mass is 405 g/mol. The quantitative estimate of drug-likeness (QED) is 0.392. The van der Waals surface area contributed by atoms with E-state index >= 15 is 0 Å². The number of thioether (sulfide) groups is 1. The third-order valence-corrected chi connectivity index (χ3v) is 5.24. The molecule has 0 aliphatic rings. The van der Waals surface area contributed by atoms with Crippen LogP contribution in [0.4, 0.5) is 5.69 Å². The Morgan fingerprint density at radius 3 is 2.41 bits per heavy atom. The van der Waals surface area contributed by atoms with E-state index in [1.54, 1.807) is 4.68 Å². The first-order chi connectivity index (χ1) is 14.0. The Bertz CT molecular complexity index is 1230. The molecule has 2 N–H and O–H groups in total. The standard InChI is InChI=1S/C21H19N5O2S/c1-13-3-7-15(8-4-13)23-18(27)12-29-21-24-19-17(20(28)25-21)11-22-26(19)16-9-5-14(2)6-10-16/h3-11H,12H2,1-2H3,(H,23,27)(H,24,25,28). The van der Waals surface area contributed by atoms with Gasteiger partial charge in [-0.15, -0.1) is 0 Å². The zero-order valence-electron chi connectivity index (χ0n) is 16.0. The first-order valence-corrected chi connectivity index (χ1v) is 10.0. The van der Waals surface area contributed by atoms with Gasteiger partial charge in [-0.05, 0) is 38.1 Å². The van der Waals surface area contributed by atoms with Gasteiger partial charge in [0, 0.05) is 5.69 Å². The third kappa shape index (κ3) is 4.22. The number of nitrogens with zero attached hydrogens (tertiary/aromatic N) is 3. The van der Waals surface area contributed by atoms with Crippen molar-refractivity contribution >= 4 is 34.4 Å². The number of anilines is 1. The summed E-state index contributed by atoms with van der Waals surface area (Å²) >= 11 is 1.17. The van der Waals surface area contributed by atoms with Crippen LogP contribution in [0.2, 0.25) is 0 Å². The average Bonchev–Trinajstić information content (AvgIpc) is 3.13. The largest absolute Gasteiger partial charge is 0.325 e. The van der Waals surface area contributed by atoms with Gasteiger partial charge in [0.2, 0.25) is 5.91 Å². The second kappa shape index (κ2) is 7.92. The number of aryl methyl sites for hydroxylation is 2. The zero-order valence-corrected chi connectivity index (χ0v) is 16.8. The molecule has 0 atom stereocenters. The second-order valence-electron chi connectivity index (χ2n) is 6.70. The Morgan fingerprint density at radius 2 is 1.72 bits per heavy atom. The minimum atomic E-state index is -0.283. The lowest BCUT2D eigenvalue weighted by atomic mass is 10.2. The van der Waals surface area contributed by atoms with Gasteiger partial charge in [-0.3, -0.25) is 9.59 Å². The molecule has 0 unspecified atom stereocenters. The molecule has 29 heavy (non-hydrogen) atoms. The van der Waals surface area contributed by atoms with E-state index in [-0.39, 0.29) is 17.2 Å². The summed E-state index contributed by atoms with van der Waals surface area (Å²) in [5.74, 6) is -0.0466. The molecule has 0 fully saturated rings. The molecule has 0 bridgehead atoms. The topological polar surface area (TPSA) is 92.7 Å². The summed E-state index contributed by atoms with van der Waals surface area (Å²) in [6.45, 7) is 3.99. The number of carbonyl (C=O) groups is 1. The van der Waals surface area contributed by atoms with Crippen LogP contribution in [0, 0.1) is 13.8 Å². The number of rotatable bonds is 5. The molecule has 8 heteroatoms. The van der Waals surface area contributed by atoms with Crippen LogP contribution in [0.3, 0.4) is 0 Å². The van der Waals surface area contributed by atoms with E-state index in [9.17, 15) is 9.59 Å². The molecular weight excluding hydrogens is 386 g/mol. The molecule has 0 saturated carbocycles.